The molecule has 1 saturated heterocycles. The number of benzene rings is 2. The summed E-state index contributed by atoms with van der Waals surface area (Å²) in [5.41, 5.74) is 2.58. The molecule has 1 aliphatic heterocycles. The summed E-state index contributed by atoms with van der Waals surface area (Å²) in [6, 6.07) is 13.7. The van der Waals surface area contributed by atoms with Crippen LogP contribution in [0, 0.1) is 6.92 Å². The number of hydrogen-bond donors (Lipinski definition) is 2. The number of aromatic carboxylic acids is 1. The average Bonchev–Trinajstić information content (AvgIpc) is 2.58. The number of carboxylic acid groups (broad SMARTS) is 1. The molecule has 2 aromatic rings. The zero-order chi connectivity index (χ0) is 16.2. The van der Waals surface area contributed by atoms with Crippen molar-refractivity contribution in [2.24, 2.45) is 0 Å². The maximum atomic E-state index is 11.1. The van der Waals surface area contributed by atoms with Crippen LogP contribution in [0.4, 0.5) is 5.69 Å². The van der Waals surface area contributed by atoms with Gasteiger partial charge in [-0.2, -0.15) is 0 Å². The van der Waals surface area contributed by atoms with Crippen LogP contribution in [0.5, 0.6) is 0 Å². The van der Waals surface area contributed by atoms with Gasteiger partial charge in [0.05, 0.1) is 11.3 Å². The van der Waals surface area contributed by atoms with Crippen molar-refractivity contribution in [2.75, 3.05) is 31.1 Å². The third-order valence-electron chi connectivity index (χ3n) is 3.96. The second-order valence-electron chi connectivity index (χ2n) is 5.59. The van der Waals surface area contributed by atoms with Gasteiger partial charge in [0.15, 0.2) is 0 Å². The van der Waals surface area contributed by atoms with Crippen LogP contribution in [0.2, 0.25) is 0 Å². The molecule has 0 bridgehead atoms. The quantitative estimate of drug-likeness (QED) is 0.902. The summed E-state index contributed by atoms with van der Waals surface area (Å²) >= 11 is 1.70. The highest BCUT2D eigenvalue weighted by atomic mass is 32.2. The molecular formula is C18H20N2O2S. The molecule has 0 unspecified atom stereocenters. The molecule has 1 fully saturated rings. The maximum absolute atomic E-state index is 11.1. The second kappa shape index (κ2) is 7.06. The molecule has 0 saturated carbocycles. The molecule has 23 heavy (non-hydrogen) atoms. The van der Waals surface area contributed by atoms with Crippen molar-refractivity contribution in [3.8, 4) is 0 Å². The molecule has 0 radical (unpaired) electrons. The molecule has 1 heterocycles. The van der Waals surface area contributed by atoms with Gasteiger partial charge < -0.3 is 15.3 Å². The van der Waals surface area contributed by atoms with Gasteiger partial charge in [0, 0.05) is 36.0 Å². The Hall–Kier alpha value is -1.98. The van der Waals surface area contributed by atoms with Crippen LogP contribution in [0.3, 0.4) is 0 Å². The maximum Gasteiger partial charge on any atom is 0.335 e. The lowest BCUT2D eigenvalue weighted by atomic mass is 10.1. The van der Waals surface area contributed by atoms with E-state index in [4.69, 9.17) is 5.11 Å². The van der Waals surface area contributed by atoms with Crippen molar-refractivity contribution in [1.29, 1.82) is 0 Å². The highest BCUT2D eigenvalue weighted by Gasteiger charge is 2.15. The molecule has 2 aromatic carbocycles. The Labute approximate surface area is 140 Å². The monoisotopic (exact) mass is 328 g/mol. The van der Waals surface area contributed by atoms with Crippen molar-refractivity contribution in [2.45, 2.75) is 16.7 Å². The van der Waals surface area contributed by atoms with Gasteiger partial charge >= 0.3 is 5.97 Å². The second-order valence-corrected chi connectivity index (χ2v) is 6.68. The highest BCUT2D eigenvalue weighted by Crippen LogP contribution is 2.37. The molecule has 0 aliphatic carbocycles. The van der Waals surface area contributed by atoms with E-state index in [0.717, 1.165) is 36.6 Å². The van der Waals surface area contributed by atoms with E-state index in [-0.39, 0.29) is 0 Å². The molecule has 120 valence electrons. The van der Waals surface area contributed by atoms with Gasteiger partial charge in [-0.15, -0.1) is 0 Å². The predicted molar refractivity (Wildman–Crippen MR) is 93.8 cm³/mol. The van der Waals surface area contributed by atoms with Gasteiger partial charge in [-0.05, 0) is 42.8 Å². The predicted octanol–water partition coefficient (Wildman–Crippen LogP) is 3.25. The van der Waals surface area contributed by atoms with Crippen LogP contribution in [-0.4, -0.2) is 37.3 Å². The van der Waals surface area contributed by atoms with E-state index in [1.807, 2.05) is 13.0 Å². The van der Waals surface area contributed by atoms with E-state index in [0.29, 0.717) is 5.56 Å². The van der Waals surface area contributed by atoms with Crippen molar-refractivity contribution in [3.05, 3.63) is 53.6 Å². The summed E-state index contributed by atoms with van der Waals surface area (Å²) in [6.07, 6.45) is 0. The largest absolute Gasteiger partial charge is 0.478 e. The van der Waals surface area contributed by atoms with Crippen LogP contribution < -0.4 is 10.2 Å². The van der Waals surface area contributed by atoms with Crippen LogP contribution in [0.25, 0.3) is 0 Å². The summed E-state index contributed by atoms with van der Waals surface area (Å²) < 4.78 is 0. The van der Waals surface area contributed by atoms with Gasteiger partial charge in [0.1, 0.15) is 0 Å². The molecule has 4 nitrogen and oxygen atoms in total. The lowest BCUT2D eigenvalue weighted by molar-refractivity contribution is 0.0696. The van der Waals surface area contributed by atoms with Crippen LogP contribution >= 0.6 is 11.8 Å². The summed E-state index contributed by atoms with van der Waals surface area (Å²) in [7, 11) is 0. The Morgan fingerprint density at radius 2 is 1.87 bits per heavy atom. The summed E-state index contributed by atoms with van der Waals surface area (Å²) in [5.74, 6) is -0.883. The SMILES string of the molecule is Cc1cc(C(=O)O)ccc1Sc1ccccc1N1CCNCC1. The Morgan fingerprint density at radius 3 is 2.57 bits per heavy atom. The highest BCUT2D eigenvalue weighted by molar-refractivity contribution is 7.99. The normalized spacial score (nSPS) is 14.7. The Morgan fingerprint density at radius 1 is 1.13 bits per heavy atom. The fourth-order valence-corrected chi connectivity index (χ4v) is 3.77. The minimum Gasteiger partial charge on any atom is -0.478 e. The summed E-state index contributed by atoms with van der Waals surface area (Å²) in [5, 5.41) is 12.5. The zero-order valence-electron chi connectivity index (χ0n) is 13.1. The molecule has 0 aromatic heterocycles. The number of carboxylic acids is 1. The van der Waals surface area contributed by atoms with Crippen LogP contribution in [-0.2, 0) is 0 Å². The van der Waals surface area contributed by atoms with Gasteiger partial charge in [-0.1, -0.05) is 23.9 Å². The topological polar surface area (TPSA) is 52.6 Å². The molecule has 0 atom stereocenters. The van der Waals surface area contributed by atoms with E-state index in [9.17, 15) is 4.79 Å². The first-order valence-electron chi connectivity index (χ1n) is 7.71. The molecule has 5 heteroatoms. The number of para-hydroxylation sites is 1. The van der Waals surface area contributed by atoms with E-state index >= 15 is 0 Å². The van der Waals surface area contributed by atoms with Crippen LogP contribution in [0.1, 0.15) is 15.9 Å². The van der Waals surface area contributed by atoms with Gasteiger partial charge in [-0.25, -0.2) is 4.79 Å². The van der Waals surface area contributed by atoms with Gasteiger partial charge in [0.2, 0.25) is 0 Å². The Kier molecular flexibility index (Phi) is 4.88. The molecule has 2 N–H and O–H groups in total. The van der Waals surface area contributed by atoms with Crippen molar-refractivity contribution in [3.63, 3.8) is 0 Å². The van der Waals surface area contributed by atoms with E-state index < -0.39 is 5.97 Å². The molecule has 0 amide bonds. The molecule has 0 spiro atoms. The van der Waals surface area contributed by atoms with Crippen LogP contribution in [0.15, 0.2) is 52.3 Å². The number of nitrogens with zero attached hydrogens (tertiary/aromatic N) is 1. The fraction of sp³-hybridized carbons (Fsp3) is 0.278. The first-order valence-corrected chi connectivity index (χ1v) is 8.53. The Bertz CT molecular complexity index is 712. The molecule has 1 aliphatic rings. The summed E-state index contributed by atoms with van der Waals surface area (Å²) in [4.78, 5) is 15.8. The smallest absolute Gasteiger partial charge is 0.335 e. The van der Waals surface area contributed by atoms with E-state index in [2.05, 4.69) is 34.5 Å². The minimum atomic E-state index is -0.883. The van der Waals surface area contributed by atoms with E-state index in [1.54, 1.807) is 23.9 Å². The average molecular weight is 328 g/mol. The van der Waals surface area contributed by atoms with Crippen molar-refractivity contribution >= 4 is 23.4 Å². The van der Waals surface area contributed by atoms with Crippen molar-refractivity contribution in [1.82, 2.24) is 5.32 Å². The van der Waals surface area contributed by atoms with Gasteiger partial charge in [-0.3, -0.25) is 0 Å². The third kappa shape index (κ3) is 3.68. The number of anilines is 1. The Balaban J connectivity index is 1.87. The third-order valence-corrected chi connectivity index (χ3v) is 5.21. The first kappa shape index (κ1) is 15.9. The summed E-state index contributed by atoms with van der Waals surface area (Å²) in [6.45, 7) is 5.99. The number of piperazine rings is 1. The fourth-order valence-electron chi connectivity index (χ4n) is 2.73. The number of carbonyl (C=O) groups is 1. The first-order chi connectivity index (χ1) is 11.1. The lowest BCUT2D eigenvalue weighted by Gasteiger charge is -2.31. The lowest BCUT2D eigenvalue weighted by Crippen LogP contribution is -2.43. The molecular weight excluding hydrogens is 308 g/mol. The number of hydrogen-bond acceptors (Lipinski definition) is 4. The number of aryl methyl sites for hydroxylation is 1. The molecule has 3 rings (SSSR count). The minimum absolute atomic E-state index is 0.335. The number of rotatable bonds is 4. The van der Waals surface area contributed by atoms with Crippen molar-refractivity contribution < 1.29 is 9.90 Å². The van der Waals surface area contributed by atoms with E-state index in [1.165, 1.54) is 10.6 Å². The number of nitrogens with one attached hydrogen (secondary N) is 1. The van der Waals surface area contributed by atoms with Gasteiger partial charge in [0.25, 0.3) is 0 Å². The standard InChI is InChI=1S/C18H20N2O2S/c1-13-12-14(18(21)22)6-7-16(13)23-17-5-3-2-4-15(17)20-10-8-19-9-11-20/h2-7,12,19H,8-11H2,1H3,(H,21,22). The zero-order valence-corrected chi connectivity index (χ0v) is 13.9.